The summed E-state index contributed by atoms with van der Waals surface area (Å²) in [4.78, 5) is 23.7. The summed E-state index contributed by atoms with van der Waals surface area (Å²) in [6.45, 7) is 5.88. The van der Waals surface area contributed by atoms with Crippen LogP contribution in [0.25, 0.3) is 17.2 Å². The van der Waals surface area contributed by atoms with E-state index < -0.39 is 18.0 Å². The van der Waals surface area contributed by atoms with Crippen LogP contribution in [-0.4, -0.2) is 50.6 Å². The Morgan fingerprint density at radius 3 is 2.29 bits per heavy atom. The number of carbonyl (C=O) groups is 2. The van der Waals surface area contributed by atoms with Gasteiger partial charge in [-0.3, -0.25) is 9.48 Å². The molecular weight excluding hydrogens is 602 g/mol. The van der Waals surface area contributed by atoms with Crippen molar-refractivity contribution in [3.63, 3.8) is 0 Å². The van der Waals surface area contributed by atoms with E-state index in [1.54, 1.807) is 6.08 Å². The van der Waals surface area contributed by atoms with Crippen LogP contribution in [-0.2, 0) is 22.6 Å². The molecule has 0 unspecified atom stereocenters. The molecule has 1 fully saturated rings. The van der Waals surface area contributed by atoms with Gasteiger partial charge in [-0.1, -0.05) is 61.0 Å². The smallest absolute Gasteiger partial charge is 0.328 e. The maximum atomic E-state index is 11.0. The first-order valence-electron chi connectivity index (χ1n) is 16.9. The number of carboxylic acids is 2. The molecule has 0 saturated heterocycles. The van der Waals surface area contributed by atoms with Crippen LogP contribution in [0.4, 0.5) is 5.69 Å². The van der Waals surface area contributed by atoms with Gasteiger partial charge in [0.05, 0.1) is 12.2 Å². The third-order valence-electron chi connectivity index (χ3n) is 9.19. The number of aromatic nitrogens is 2. The monoisotopic (exact) mass is 649 g/mol. The van der Waals surface area contributed by atoms with Crippen molar-refractivity contribution in [1.29, 1.82) is 0 Å². The fraction of sp³-hybridized carbons (Fsp3) is 0.359. The number of benzene rings is 3. The van der Waals surface area contributed by atoms with E-state index in [2.05, 4.69) is 84.6 Å². The maximum Gasteiger partial charge on any atom is 0.328 e. The van der Waals surface area contributed by atoms with E-state index in [1.807, 2.05) is 23.0 Å². The second-order valence-electron chi connectivity index (χ2n) is 12.8. The van der Waals surface area contributed by atoms with Crippen LogP contribution in [0.5, 0.6) is 0 Å². The lowest BCUT2D eigenvalue weighted by Gasteiger charge is -2.44. The van der Waals surface area contributed by atoms with E-state index >= 15 is 0 Å². The van der Waals surface area contributed by atoms with Crippen LogP contribution >= 0.6 is 0 Å². The molecule has 0 radical (unpaired) electrons. The van der Waals surface area contributed by atoms with Crippen LogP contribution in [0.2, 0.25) is 0 Å². The molecule has 48 heavy (non-hydrogen) atoms. The Labute approximate surface area is 282 Å². The topological polar surface area (TPSA) is 148 Å². The van der Waals surface area contributed by atoms with Gasteiger partial charge in [0.15, 0.2) is 0 Å². The zero-order valence-corrected chi connectivity index (χ0v) is 27.8. The Balaban J connectivity index is 0.000000393. The van der Waals surface area contributed by atoms with E-state index in [0.717, 1.165) is 42.9 Å². The largest absolute Gasteiger partial charge is 0.480 e. The SMILES string of the molecule is CCn1cc(-c2ccc3c(c2)C[C@@H](C)N(c2ccc(C4CC4)cc2)[C@@H]3c2ccc(/C=C/C(=O)O)cc2)cn1.NCCCC[C@H](N)C(=O)O. The van der Waals surface area contributed by atoms with Gasteiger partial charge in [-0.05, 0) is 110 Å². The number of aliphatic carboxylic acids is 2. The molecule has 3 atom stereocenters. The van der Waals surface area contributed by atoms with Crippen molar-refractivity contribution >= 4 is 23.7 Å². The highest BCUT2D eigenvalue weighted by Crippen LogP contribution is 2.44. The average molecular weight is 650 g/mol. The van der Waals surface area contributed by atoms with Crippen LogP contribution in [0.3, 0.4) is 0 Å². The molecule has 3 aromatic carbocycles. The molecule has 6 rings (SSSR count). The second-order valence-corrected chi connectivity index (χ2v) is 12.8. The first-order valence-corrected chi connectivity index (χ1v) is 16.9. The summed E-state index contributed by atoms with van der Waals surface area (Å²) < 4.78 is 1.97. The van der Waals surface area contributed by atoms with E-state index in [9.17, 15) is 9.59 Å². The molecule has 252 valence electrons. The van der Waals surface area contributed by atoms with Gasteiger partial charge < -0.3 is 26.6 Å². The van der Waals surface area contributed by atoms with Crippen LogP contribution in [0, 0.1) is 0 Å². The molecule has 2 aliphatic rings. The van der Waals surface area contributed by atoms with Crippen molar-refractivity contribution in [2.75, 3.05) is 11.4 Å². The lowest BCUT2D eigenvalue weighted by Crippen LogP contribution is -2.42. The van der Waals surface area contributed by atoms with E-state index in [0.29, 0.717) is 19.0 Å². The number of nitrogens with two attached hydrogens (primary N) is 2. The molecule has 1 saturated carbocycles. The third kappa shape index (κ3) is 8.59. The molecule has 0 spiro atoms. The lowest BCUT2D eigenvalue weighted by molar-refractivity contribution is -0.138. The number of hydrogen-bond acceptors (Lipinski definition) is 6. The van der Waals surface area contributed by atoms with Crippen molar-refractivity contribution in [3.05, 3.63) is 113 Å². The minimum absolute atomic E-state index is 0.0606. The van der Waals surface area contributed by atoms with E-state index in [-0.39, 0.29) is 6.04 Å². The Hall–Kier alpha value is -4.73. The molecule has 4 aromatic rings. The number of hydrogen-bond donors (Lipinski definition) is 4. The van der Waals surface area contributed by atoms with Gasteiger partial charge >= 0.3 is 11.9 Å². The van der Waals surface area contributed by atoms with Gasteiger partial charge in [0.1, 0.15) is 6.04 Å². The molecule has 0 bridgehead atoms. The predicted octanol–water partition coefficient (Wildman–Crippen LogP) is 6.61. The Bertz CT molecular complexity index is 1710. The van der Waals surface area contributed by atoms with Gasteiger partial charge in [-0.15, -0.1) is 0 Å². The molecule has 9 nitrogen and oxygen atoms in total. The fourth-order valence-electron chi connectivity index (χ4n) is 6.40. The summed E-state index contributed by atoms with van der Waals surface area (Å²) in [7, 11) is 0. The highest BCUT2D eigenvalue weighted by atomic mass is 16.4. The molecule has 2 heterocycles. The number of carboxylic acid groups (broad SMARTS) is 2. The zero-order valence-electron chi connectivity index (χ0n) is 27.8. The summed E-state index contributed by atoms with van der Waals surface area (Å²) >= 11 is 0. The number of fused-ring (bicyclic) bond motifs is 1. The highest BCUT2D eigenvalue weighted by Gasteiger charge is 2.34. The molecule has 9 heteroatoms. The quantitative estimate of drug-likeness (QED) is 0.0990. The summed E-state index contributed by atoms with van der Waals surface area (Å²) in [5.74, 6) is -1.14. The third-order valence-corrected chi connectivity index (χ3v) is 9.19. The maximum absolute atomic E-state index is 11.0. The van der Waals surface area contributed by atoms with Crippen molar-refractivity contribution in [2.24, 2.45) is 11.5 Å². The van der Waals surface area contributed by atoms with Crippen molar-refractivity contribution in [3.8, 4) is 11.1 Å². The molecule has 1 aromatic heterocycles. The number of anilines is 1. The predicted molar refractivity (Wildman–Crippen MR) is 191 cm³/mol. The standard InChI is InChI=1S/C33H33N3O2.C6H14N2O2/c1-3-35-21-29(20-34-35)27-13-16-31-28(19-27)18-22(2)36(30-14-11-25(12-15-30)24-9-10-24)33(31)26-7-4-23(5-8-26)6-17-32(37)38;7-4-2-1-3-5(8)6(9)10/h4-8,11-17,19-22,24,33H,3,9-10,18H2,1-2H3,(H,37,38);5H,1-4,7-8H2,(H,9,10)/b17-6+;/t22-,33-;5-/m10/s1. The van der Waals surface area contributed by atoms with Crippen LogP contribution < -0.4 is 16.4 Å². The van der Waals surface area contributed by atoms with Gasteiger partial charge in [0, 0.05) is 36.1 Å². The zero-order chi connectivity index (χ0) is 34.2. The summed E-state index contributed by atoms with van der Waals surface area (Å²) in [6, 6.07) is 24.0. The summed E-state index contributed by atoms with van der Waals surface area (Å²) in [6.07, 6.45) is 12.6. The summed E-state index contributed by atoms with van der Waals surface area (Å²) in [5, 5.41) is 21.8. The number of nitrogens with zero attached hydrogens (tertiary/aromatic N) is 3. The number of rotatable bonds is 12. The minimum atomic E-state index is -0.940. The highest BCUT2D eigenvalue weighted by molar-refractivity contribution is 5.85. The molecule has 0 amide bonds. The van der Waals surface area contributed by atoms with Gasteiger partial charge in [-0.2, -0.15) is 5.10 Å². The van der Waals surface area contributed by atoms with Crippen molar-refractivity contribution in [1.82, 2.24) is 9.78 Å². The normalized spacial score (nSPS) is 17.8. The molecule has 6 N–H and O–H groups in total. The number of aryl methyl sites for hydroxylation is 1. The molecule has 1 aliphatic heterocycles. The van der Waals surface area contributed by atoms with Crippen molar-refractivity contribution < 1.29 is 19.8 Å². The average Bonchev–Trinajstić information content (AvgIpc) is 3.83. The first kappa shape index (κ1) is 34.6. The van der Waals surface area contributed by atoms with Gasteiger partial charge in [0.25, 0.3) is 0 Å². The first-order chi connectivity index (χ1) is 23.2. The lowest BCUT2D eigenvalue weighted by atomic mass is 9.83. The second kappa shape index (κ2) is 15.9. The van der Waals surface area contributed by atoms with Gasteiger partial charge in [-0.25, -0.2) is 4.79 Å². The van der Waals surface area contributed by atoms with Gasteiger partial charge in [0.2, 0.25) is 0 Å². The molecule has 1 aliphatic carbocycles. The Kier molecular flexibility index (Phi) is 11.5. The number of unbranched alkanes of at least 4 members (excludes halogenated alkanes) is 1. The van der Waals surface area contributed by atoms with E-state index in [4.69, 9.17) is 21.7 Å². The Morgan fingerprint density at radius 2 is 1.69 bits per heavy atom. The fourth-order valence-corrected chi connectivity index (χ4v) is 6.40. The van der Waals surface area contributed by atoms with Crippen LogP contribution in [0.1, 0.15) is 85.7 Å². The van der Waals surface area contributed by atoms with E-state index in [1.165, 1.54) is 52.4 Å². The summed E-state index contributed by atoms with van der Waals surface area (Å²) in [5.41, 5.74) is 20.2. The molecular formula is C39H47N5O4. The van der Waals surface area contributed by atoms with Crippen LogP contribution in [0.15, 0.2) is 85.2 Å². The Morgan fingerprint density at radius 1 is 0.979 bits per heavy atom. The van der Waals surface area contributed by atoms with Crippen molar-refractivity contribution in [2.45, 2.75) is 83.0 Å². The minimum Gasteiger partial charge on any atom is -0.480 e.